The van der Waals surface area contributed by atoms with Gasteiger partial charge in [0.25, 0.3) is 0 Å². The molecule has 1 fully saturated rings. The van der Waals surface area contributed by atoms with Gasteiger partial charge in [-0.1, -0.05) is 19.1 Å². The number of hydrogen-bond donors (Lipinski definition) is 1. The summed E-state index contributed by atoms with van der Waals surface area (Å²) < 4.78 is 23.8. The highest BCUT2D eigenvalue weighted by Crippen LogP contribution is 2.20. The van der Waals surface area contributed by atoms with Gasteiger partial charge in [-0.3, -0.25) is 4.79 Å². The molecular formula is C15H21NO3S. The summed E-state index contributed by atoms with van der Waals surface area (Å²) in [6.45, 7) is 3.59. The molecule has 0 atom stereocenters. The van der Waals surface area contributed by atoms with Crippen LogP contribution in [0.4, 0.5) is 0 Å². The van der Waals surface area contributed by atoms with Gasteiger partial charge in [-0.15, -0.1) is 0 Å². The molecule has 0 saturated carbocycles. The van der Waals surface area contributed by atoms with Crippen LogP contribution >= 0.6 is 0 Å². The van der Waals surface area contributed by atoms with Crippen molar-refractivity contribution in [2.75, 3.05) is 18.8 Å². The molecule has 1 aliphatic rings. The minimum atomic E-state index is -3.20. The van der Waals surface area contributed by atoms with Crippen molar-refractivity contribution in [3.63, 3.8) is 0 Å². The third kappa shape index (κ3) is 3.46. The van der Waals surface area contributed by atoms with Gasteiger partial charge in [-0.2, -0.15) is 0 Å². The molecule has 0 unspecified atom stereocenters. The number of hydrogen-bond acceptors (Lipinski definition) is 4. The van der Waals surface area contributed by atoms with Crippen LogP contribution < -0.4 is 5.32 Å². The quantitative estimate of drug-likeness (QED) is 0.845. The number of nitrogens with one attached hydrogen (secondary N) is 1. The molecule has 1 aliphatic heterocycles. The van der Waals surface area contributed by atoms with Gasteiger partial charge < -0.3 is 5.32 Å². The van der Waals surface area contributed by atoms with Gasteiger partial charge in [0.15, 0.2) is 15.6 Å². The molecule has 2 rings (SSSR count). The average Bonchev–Trinajstić information content (AvgIpc) is 2.47. The number of carbonyl (C=O) groups is 1. The highest BCUT2D eigenvalue weighted by molar-refractivity contribution is 7.91. The second-order valence-electron chi connectivity index (χ2n) is 5.23. The summed E-state index contributed by atoms with van der Waals surface area (Å²) in [6, 6.07) is 6.40. The van der Waals surface area contributed by atoms with E-state index in [2.05, 4.69) is 5.32 Å². The third-order valence-corrected chi connectivity index (χ3v) is 5.62. The standard InChI is InChI=1S/C15H21NO3S/c1-2-11-20(18,19)14-5-3-12(4-6-14)15(17)13-7-9-16-10-8-13/h3-6,13,16H,2,7-11H2,1H3. The molecule has 0 amide bonds. The van der Waals surface area contributed by atoms with Crippen molar-refractivity contribution in [1.82, 2.24) is 5.32 Å². The fourth-order valence-electron chi connectivity index (χ4n) is 2.53. The molecule has 20 heavy (non-hydrogen) atoms. The van der Waals surface area contributed by atoms with E-state index in [0.717, 1.165) is 25.9 Å². The molecular weight excluding hydrogens is 274 g/mol. The topological polar surface area (TPSA) is 63.2 Å². The number of benzene rings is 1. The van der Waals surface area contributed by atoms with Crippen LogP contribution in [0.15, 0.2) is 29.2 Å². The first kappa shape index (κ1) is 15.2. The van der Waals surface area contributed by atoms with Crippen LogP contribution in [0.1, 0.15) is 36.5 Å². The minimum absolute atomic E-state index is 0.0642. The summed E-state index contributed by atoms with van der Waals surface area (Å²) in [4.78, 5) is 12.6. The zero-order valence-electron chi connectivity index (χ0n) is 11.8. The van der Waals surface area contributed by atoms with Crippen LogP contribution in [-0.4, -0.2) is 33.0 Å². The largest absolute Gasteiger partial charge is 0.317 e. The van der Waals surface area contributed by atoms with Crippen LogP contribution in [0.25, 0.3) is 0 Å². The van der Waals surface area contributed by atoms with Gasteiger partial charge in [-0.05, 0) is 44.5 Å². The van der Waals surface area contributed by atoms with E-state index in [1.54, 1.807) is 24.3 Å². The van der Waals surface area contributed by atoms with Crippen molar-refractivity contribution in [2.24, 2.45) is 5.92 Å². The van der Waals surface area contributed by atoms with Gasteiger partial charge in [0.1, 0.15) is 0 Å². The Morgan fingerprint density at radius 2 is 1.80 bits per heavy atom. The number of carbonyl (C=O) groups excluding carboxylic acids is 1. The Morgan fingerprint density at radius 3 is 2.35 bits per heavy atom. The summed E-state index contributed by atoms with van der Waals surface area (Å²) in [7, 11) is -3.20. The summed E-state index contributed by atoms with van der Waals surface area (Å²) in [6.07, 6.45) is 2.31. The number of Topliss-reactive ketones (excluding diaryl/α,β-unsaturated/α-hetero) is 1. The number of piperidine rings is 1. The van der Waals surface area contributed by atoms with E-state index in [1.165, 1.54) is 0 Å². The Labute approximate surface area is 120 Å². The third-order valence-electron chi connectivity index (χ3n) is 3.68. The van der Waals surface area contributed by atoms with E-state index >= 15 is 0 Å². The fraction of sp³-hybridized carbons (Fsp3) is 0.533. The molecule has 4 nitrogen and oxygen atoms in total. The lowest BCUT2D eigenvalue weighted by molar-refractivity contribution is 0.0895. The number of ketones is 1. The lowest BCUT2D eigenvalue weighted by atomic mass is 9.90. The predicted molar refractivity (Wildman–Crippen MR) is 78.7 cm³/mol. The van der Waals surface area contributed by atoms with Gasteiger partial charge in [0, 0.05) is 11.5 Å². The summed E-state index contributed by atoms with van der Waals surface area (Å²) in [5.74, 6) is 0.342. The maximum absolute atomic E-state index is 12.3. The van der Waals surface area contributed by atoms with E-state index in [-0.39, 0.29) is 17.5 Å². The van der Waals surface area contributed by atoms with Crippen molar-refractivity contribution in [1.29, 1.82) is 0 Å². The first-order chi connectivity index (χ1) is 9.54. The number of rotatable bonds is 5. The average molecular weight is 295 g/mol. The maximum Gasteiger partial charge on any atom is 0.178 e. The SMILES string of the molecule is CCCS(=O)(=O)c1ccc(C(=O)C2CCNCC2)cc1. The van der Waals surface area contributed by atoms with E-state index < -0.39 is 9.84 Å². The van der Waals surface area contributed by atoms with Crippen LogP contribution in [0.3, 0.4) is 0 Å². The van der Waals surface area contributed by atoms with Crippen LogP contribution in [0.2, 0.25) is 0 Å². The second-order valence-corrected chi connectivity index (χ2v) is 7.34. The van der Waals surface area contributed by atoms with Gasteiger partial charge in [-0.25, -0.2) is 8.42 Å². The van der Waals surface area contributed by atoms with Crippen molar-refractivity contribution >= 4 is 15.6 Å². The van der Waals surface area contributed by atoms with Crippen molar-refractivity contribution in [3.05, 3.63) is 29.8 Å². The molecule has 0 aromatic heterocycles. The Bertz CT molecular complexity index is 557. The van der Waals surface area contributed by atoms with E-state index in [9.17, 15) is 13.2 Å². The zero-order chi connectivity index (χ0) is 14.6. The first-order valence-corrected chi connectivity index (χ1v) is 8.77. The first-order valence-electron chi connectivity index (χ1n) is 7.12. The molecule has 1 aromatic carbocycles. The van der Waals surface area contributed by atoms with Crippen LogP contribution in [0.5, 0.6) is 0 Å². The Morgan fingerprint density at radius 1 is 1.20 bits per heavy atom. The second kappa shape index (κ2) is 6.50. The van der Waals surface area contributed by atoms with Gasteiger partial charge in [0.05, 0.1) is 10.6 Å². The van der Waals surface area contributed by atoms with E-state index in [0.29, 0.717) is 16.9 Å². The highest BCUT2D eigenvalue weighted by Gasteiger charge is 2.22. The van der Waals surface area contributed by atoms with Crippen molar-refractivity contribution in [2.45, 2.75) is 31.1 Å². The van der Waals surface area contributed by atoms with Crippen LogP contribution in [-0.2, 0) is 9.84 Å². The lowest BCUT2D eigenvalue weighted by Crippen LogP contribution is -2.31. The molecule has 1 saturated heterocycles. The molecule has 110 valence electrons. The van der Waals surface area contributed by atoms with E-state index in [4.69, 9.17) is 0 Å². The van der Waals surface area contributed by atoms with Gasteiger partial charge >= 0.3 is 0 Å². The minimum Gasteiger partial charge on any atom is -0.317 e. The molecule has 1 heterocycles. The molecule has 5 heteroatoms. The monoisotopic (exact) mass is 295 g/mol. The lowest BCUT2D eigenvalue weighted by Gasteiger charge is -2.21. The molecule has 0 spiro atoms. The van der Waals surface area contributed by atoms with Crippen molar-refractivity contribution in [3.8, 4) is 0 Å². The summed E-state index contributed by atoms with van der Waals surface area (Å²) in [5.41, 5.74) is 0.618. The molecule has 0 aliphatic carbocycles. The van der Waals surface area contributed by atoms with Crippen LogP contribution in [0, 0.1) is 5.92 Å². The number of sulfone groups is 1. The molecule has 1 N–H and O–H groups in total. The Hall–Kier alpha value is -1.20. The Kier molecular flexibility index (Phi) is 4.94. The summed E-state index contributed by atoms with van der Waals surface area (Å²) >= 11 is 0. The zero-order valence-corrected chi connectivity index (χ0v) is 12.6. The maximum atomic E-state index is 12.3. The molecule has 0 bridgehead atoms. The Balaban J connectivity index is 2.13. The highest BCUT2D eigenvalue weighted by atomic mass is 32.2. The fourth-order valence-corrected chi connectivity index (χ4v) is 3.86. The molecule has 1 aromatic rings. The van der Waals surface area contributed by atoms with Crippen molar-refractivity contribution < 1.29 is 13.2 Å². The summed E-state index contributed by atoms with van der Waals surface area (Å²) in [5, 5.41) is 3.23. The molecule has 0 radical (unpaired) electrons. The van der Waals surface area contributed by atoms with Gasteiger partial charge in [0.2, 0.25) is 0 Å². The smallest absolute Gasteiger partial charge is 0.178 e. The normalized spacial score (nSPS) is 17.1. The predicted octanol–water partition coefficient (Wildman–Crippen LogP) is 2.05. The van der Waals surface area contributed by atoms with E-state index in [1.807, 2.05) is 6.92 Å².